The number of H-pyrrole nitrogens is 1. The Labute approximate surface area is 98.8 Å². The van der Waals surface area contributed by atoms with E-state index in [0.717, 1.165) is 6.07 Å². The van der Waals surface area contributed by atoms with Crippen LogP contribution in [-0.2, 0) is 0 Å². The van der Waals surface area contributed by atoms with Crippen molar-refractivity contribution in [3.8, 4) is 0 Å². The second-order valence-electron chi connectivity index (χ2n) is 3.20. The first kappa shape index (κ1) is 11.4. The first-order valence-corrected chi connectivity index (χ1v) is 5.05. The molecule has 0 saturated heterocycles. The van der Waals surface area contributed by atoms with E-state index in [1.54, 1.807) is 0 Å². The van der Waals surface area contributed by atoms with Gasteiger partial charge in [0.1, 0.15) is 0 Å². The van der Waals surface area contributed by atoms with Crippen LogP contribution in [0.5, 0.6) is 0 Å². The van der Waals surface area contributed by atoms with E-state index in [9.17, 15) is 13.6 Å². The van der Waals surface area contributed by atoms with Crippen molar-refractivity contribution in [3.63, 3.8) is 0 Å². The molecule has 0 radical (unpaired) electrons. The van der Waals surface area contributed by atoms with Crippen molar-refractivity contribution in [2.24, 2.45) is 0 Å². The van der Waals surface area contributed by atoms with E-state index in [-0.39, 0.29) is 20.9 Å². The van der Waals surface area contributed by atoms with Crippen LogP contribution in [0, 0.1) is 0 Å². The Morgan fingerprint density at radius 1 is 1.19 bits per heavy atom. The topological polar surface area (TPSA) is 32.9 Å². The van der Waals surface area contributed by atoms with Crippen molar-refractivity contribution >= 4 is 34.1 Å². The number of nitrogens with one attached hydrogen (secondary N) is 1. The molecule has 1 heterocycles. The smallest absolute Gasteiger partial charge is 0.278 e. The minimum Gasteiger partial charge on any atom is -0.352 e. The molecule has 2 rings (SSSR count). The van der Waals surface area contributed by atoms with Gasteiger partial charge in [-0.15, -0.1) is 0 Å². The second-order valence-corrected chi connectivity index (χ2v) is 4.04. The fourth-order valence-electron chi connectivity index (χ4n) is 1.41. The van der Waals surface area contributed by atoms with Gasteiger partial charge in [-0.25, -0.2) is 8.78 Å². The molecule has 1 aromatic carbocycles. The number of hydrogen-bond acceptors (Lipinski definition) is 1. The number of rotatable bonds is 1. The minimum absolute atomic E-state index is 0.141. The van der Waals surface area contributed by atoms with Crippen LogP contribution in [0.3, 0.4) is 0 Å². The van der Waals surface area contributed by atoms with Crippen molar-refractivity contribution in [1.82, 2.24) is 4.98 Å². The van der Waals surface area contributed by atoms with Crippen LogP contribution in [0.25, 0.3) is 10.9 Å². The summed E-state index contributed by atoms with van der Waals surface area (Å²) in [6, 6.07) is 3.62. The Balaban J connectivity index is 2.87. The molecule has 2 nitrogen and oxygen atoms in total. The standard InChI is InChI=1S/C10H5Cl2F2NO/c11-4-1-5-8(16)3-7(10(13)14)15-9(5)6(12)2-4/h1-3,10H,(H,15,16). The van der Waals surface area contributed by atoms with Gasteiger partial charge in [0.15, 0.2) is 5.43 Å². The predicted molar refractivity (Wildman–Crippen MR) is 59.5 cm³/mol. The van der Waals surface area contributed by atoms with E-state index in [4.69, 9.17) is 23.2 Å². The zero-order chi connectivity index (χ0) is 11.9. The number of benzene rings is 1. The lowest BCUT2D eigenvalue weighted by molar-refractivity contribution is 0.146. The van der Waals surface area contributed by atoms with Crippen molar-refractivity contribution < 1.29 is 8.78 Å². The fraction of sp³-hybridized carbons (Fsp3) is 0.100. The maximum Gasteiger partial charge on any atom is 0.278 e. The predicted octanol–water partition coefficient (Wildman–Crippen LogP) is 3.77. The molecule has 0 atom stereocenters. The molecular weight excluding hydrogens is 259 g/mol. The van der Waals surface area contributed by atoms with E-state index >= 15 is 0 Å². The third-order valence-electron chi connectivity index (χ3n) is 2.11. The van der Waals surface area contributed by atoms with Gasteiger partial charge in [-0.3, -0.25) is 4.79 Å². The maximum atomic E-state index is 12.4. The van der Waals surface area contributed by atoms with Crippen LogP contribution < -0.4 is 5.43 Å². The lowest BCUT2D eigenvalue weighted by Gasteiger charge is -2.05. The number of fused-ring (bicyclic) bond motifs is 1. The Kier molecular flexibility index (Phi) is 2.86. The number of halogens is 4. The van der Waals surface area contributed by atoms with Crippen molar-refractivity contribution in [1.29, 1.82) is 0 Å². The summed E-state index contributed by atoms with van der Waals surface area (Å²) in [4.78, 5) is 14.0. The zero-order valence-corrected chi connectivity index (χ0v) is 9.24. The Morgan fingerprint density at radius 3 is 2.50 bits per heavy atom. The Morgan fingerprint density at radius 2 is 1.88 bits per heavy atom. The lowest BCUT2D eigenvalue weighted by Crippen LogP contribution is -2.05. The van der Waals surface area contributed by atoms with Gasteiger partial charge in [0, 0.05) is 16.5 Å². The molecule has 0 unspecified atom stereocenters. The summed E-state index contributed by atoms with van der Waals surface area (Å²) in [5.41, 5.74) is -0.816. The summed E-state index contributed by atoms with van der Waals surface area (Å²) in [5, 5.41) is 0.622. The largest absolute Gasteiger partial charge is 0.352 e. The Hall–Kier alpha value is -1.13. The van der Waals surface area contributed by atoms with Crippen molar-refractivity contribution in [2.75, 3.05) is 0 Å². The van der Waals surface area contributed by atoms with Gasteiger partial charge in [-0.2, -0.15) is 0 Å². The van der Waals surface area contributed by atoms with Gasteiger partial charge in [-0.05, 0) is 12.1 Å². The molecule has 84 valence electrons. The summed E-state index contributed by atoms with van der Waals surface area (Å²) < 4.78 is 24.9. The summed E-state index contributed by atoms with van der Waals surface area (Å²) in [6.45, 7) is 0. The molecule has 0 amide bonds. The van der Waals surface area contributed by atoms with Crippen LogP contribution in [-0.4, -0.2) is 4.98 Å². The summed E-state index contributed by atoms with van der Waals surface area (Å²) in [7, 11) is 0. The first-order chi connectivity index (χ1) is 7.49. The van der Waals surface area contributed by atoms with Crippen LogP contribution in [0.4, 0.5) is 8.78 Å². The van der Waals surface area contributed by atoms with E-state index < -0.39 is 17.5 Å². The molecule has 1 aromatic heterocycles. The van der Waals surface area contributed by atoms with E-state index in [1.807, 2.05) is 0 Å². The molecule has 0 saturated carbocycles. The molecule has 0 aliphatic heterocycles. The molecule has 0 bridgehead atoms. The molecule has 0 spiro atoms. The number of aromatic amines is 1. The molecule has 2 aromatic rings. The molecule has 0 aliphatic rings. The average Bonchev–Trinajstić information content (AvgIpc) is 2.19. The van der Waals surface area contributed by atoms with Crippen molar-refractivity contribution in [2.45, 2.75) is 6.43 Å². The molecule has 16 heavy (non-hydrogen) atoms. The third-order valence-corrected chi connectivity index (χ3v) is 2.63. The quantitative estimate of drug-likeness (QED) is 0.835. The van der Waals surface area contributed by atoms with E-state index in [1.165, 1.54) is 12.1 Å². The summed E-state index contributed by atoms with van der Waals surface area (Å²) >= 11 is 11.5. The molecule has 0 fully saturated rings. The highest BCUT2D eigenvalue weighted by atomic mass is 35.5. The molecule has 0 aliphatic carbocycles. The van der Waals surface area contributed by atoms with Gasteiger partial charge in [0.2, 0.25) is 0 Å². The van der Waals surface area contributed by atoms with E-state index in [0.29, 0.717) is 0 Å². The highest BCUT2D eigenvalue weighted by Crippen LogP contribution is 2.26. The summed E-state index contributed by atoms with van der Waals surface area (Å²) in [6.07, 6.45) is -2.75. The van der Waals surface area contributed by atoms with E-state index in [2.05, 4.69) is 4.98 Å². The molecule has 6 heteroatoms. The third kappa shape index (κ3) is 1.90. The Bertz CT molecular complexity index is 610. The SMILES string of the molecule is O=c1cc(C(F)F)[nH]c2c(Cl)cc(Cl)cc12. The van der Waals surface area contributed by atoms with Gasteiger partial charge in [-0.1, -0.05) is 23.2 Å². The molecule has 1 N–H and O–H groups in total. The van der Waals surface area contributed by atoms with Crippen LogP contribution >= 0.6 is 23.2 Å². The van der Waals surface area contributed by atoms with Gasteiger partial charge < -0.3 is 4.98 Å². The lowest BCUT2D eigenvalue weighted by atomic mass is 10.2. The number of pyridine rings is 1. The highest BCUT2D eigenvalue weighted by molar-refractivity contribution is 6.38. The maximum absolute atomic E-state index is 12.4. The van der Waals surface area contributed by atoms with Crippen molar-refractivity contribution in [3.05, 3.63) is 44.2 Å². The average molecular weight is 264 g/mol. The fourth-order valence-corrected chi connectivity index (χ4v) is 1.95. The number of hydrogen-bond donors (Lipinski definition) is 1. The first-order valence-electron chi connectivity index (χ1n) is 4.29. The normalized spacial score (nSPS) is 11.3. The monoisotopic (exact) mass is 263 g/mol. The molecular formula is C10H5Cl2F2NO. The van der Waals surface area contributed by atoms with Gasteiger partial charge in [0.25, 0.3) is 6.43 Å². The highest BCUT2D eigenvalue weighted by Gasteiger charge is 2.12. The number of aromatic nitrogens is 1. The van der Waals surface area contributed by atoms with Gasteiger partial charge in [0.05, 0.1) is 16.2 Å². The zero-order valence-electron chi connectivity index (χ0n) is 7.73. The number of alkyl halides is 2. The van der Waals surface area contributed by atoms with Gasteiger partial charge >= 0.3 is 0 Å². The van der Waals surface area contributed by atoms with Crippen LogP contribution in [0.2, 0.25) is 10.0 Å². The van der Waals surface area contributed by atoms with Crippen LogP contribution in [0.1, 0.15) is 12.1 Å². The second kappa shape index (κ2) is 4.03. The minimum atomic E-state index is -2.75. The van der Waals surface area contributed by atoms with Crippen LogP contribution in [0.15, 0.2) is 23.0 Å². The summed E-state index contributed by atoms with van der Waals surface area (Å²) in [5.74, 6) is 0.